The van der Waals surface area contributed by atoms with Crippen LogP contribution in [-0.2, 0) is 22.6 Å². The highest BCUT2D eigenvalue weighted by Gasteiger charge is 2.32. The van der Waals surface area contributed by atoms with Gasteiger partial charge < -0.3 is 25.6 Å². The molecule has 0 fully saturated rings. The summed E-state index contributed by atoms with van der Waals surface area (Å²) in [6.07, 6.45) is 4.46. The molecular formula is C34H39N5O3. The maximum Gasteiger partial charge on any atom is 0.249 e. The molecular weight excluding hydrogens is 526 g/mol. The van der Waals surface area contributed by atoms with Crippen LogP contribution in [0.3, 0.4) is 0 Å². The topological polar surface area (TPSA) is 110 Å². The minimum absolute atomic E-state index is 0.115. The van der Waals surface area contributed by atoms with Gasteiger partial charge >= 0.3 is 0 Å². The van der Waals surface area contributed by atoms with E-state index in [9.17, 15) is 14.7 Å². The summed E-state index contributed by atoms with van der Waals surface area (Å²) in [5.74, 6) is 0.508. The smallest absolute Gasteiger partial charge is 0.249 e. The van der Waals surface area contributed by atoms with E-state index in [1.54, 1.807) is 18.0 Å². The number of β-amino-alcohol motifs (C(OH)–C–C–N with tert-alkyl or cyclic N) is 1. The second kappa shape index (κ2) is 12.7. The van der Waals surface area contributed by atoms with E-state index in [1.807, 2.05) is 56.4 Å². The van der Waals surface area contributed by atoms with Crippen LogP contribution < -0.4 is 15.5 Å². The lowest BCUT2D eigenvalue weighted by molar-refractivity contribution is -0.128. The zero-order valence-corrected chi connectivity index (χ0v) is 24.4. The number of nitrogens with one attached hydrogen (secondary N) is 3. The first-order valence-corrected chi connectivity index (χ1v) is 14.5. The molecule has 2 atom stereocenters. The predicted octanol–water partition coefficient (Wildman–Crippen LogP) is 4.85. The largest absolute Gasteiger partial charge is 0.392 e. The molecule has 3 aromatic carbocycles. The number of rotatable bonds is 10. The fourth-order valence-corrected chi connectivity index (χ4v) is 5.47. The highest BCUT2D eigenvalue weighted by atomic mass is 16.3. The van der Waals surface area contributed by atoms with E-state index in [0.717, 1.165) is 39.3 Å². The lowest BCUT2D eigenvalue weighted by Gasteiger charge is -2.29. The van der Waals surface area contributed by atoms with Crippen LogP contribution in [0.1, 0.15) is 44.7 Å². The summed E-state index contributed by atoms with van der Waals surface area (Å²) >= 11 is 0. The predicted molar refractivity (Wildman–Crippen MR) is 166 cm³/mol. The number of aromatic nitrogens is 2. The second-order valence-electron chi connectivity index (χ2n) is 11.7. The number of para-hydroxylation sites is 1. The summed E-state index contributed by atoms with van der Waals surface area (Å²) in [6.45, 7) is 6.32. The Labute approximate surface area is 247 Å². The Morgan fingerprint density at radius 3 is 2.50 bits per heavy atom. The summed E-state index contributed by atoms with van der Waals surface area (Å²) in [4.78, 5) is 36.4. The highest BCUT2D eigenvalue weighted by Crippen LogP contribution is 2.32. The Bertz CT molecular complexity index is 1510. The number of fused-ring (bicyclic) bond motifs is 1. The number of aryl methyl sites for hydroxylation is 1. The van der Waals surface area contributed by atoms with Crippen molar-refractivity contribution in [2.75, 3.05) is 11.4 Å². The second-order valence-corrected chi connectivity index (χ2v) is 11.7. The first-order valence-electron chi connectivity index (χ1n) is 14.5. The van der Waals surface area contributed by atoms with E-state index in [1.165, 1.54) is 0 Å². The summed E-state index contributed by atoms with van der Waals surface area (Å²) in [6, 6.07) is 23.7. The van der Waals surface area contributed by atoms with Crippen LogP contribution >= 0.6 is 0 Å². The maximum atomic E-state index is 13.9. The molecule has 4 N–H and O–H groups in total. The van der Waals surface area contributed by atoms with E-state index in [4.69, 9.17) is 0 Å². The molecule has 0 unspecified atom stereocenters. The Balaban J connectivity index is 1.34. The molecule has 2 heterocycles. The molecule has 0 saturated heterocycles. The molecule has 42 heavy (non-hydrogen) atoms. The Hall–Kier alpha value is -4.27. The zero-order valence-electron chi connectivity index (χ0n) is 24.4. The number of nitrogens with zero attached hydrogens (tertiary/aromatic N) is 2. The van der Waals surface area contributed by atoms with Crippen molar-refractivity contribution in [3.8, 4) is 22.5 Å². The number of anilines is 1. The molecule has 8 heteroatoms. The van der Waals surface area contributed by atoms with E-state index >= 15 is 0 Å². The lowest BCUT2D eigenvalue weighted by Crippen LogP contribution is -2.51. The molecule has 1 aliphatic rings. The number of carbonyl (C=O) groups excluding carboxylic acids is 2. The number of hydrogen-bond acceptors (Lipinski definition) is 5. The molecule has 1 aliphatic heterocycles. The van der Waals surface area contributed by atoms with Crippen LogP contribution in [0.5, 0.6) is 0 Å². The molecule has 2 amide bonds. The van der Waals surface area contributed by atoms with Crippen LogP contribution in [-0.4, -0.2) is 51.1 Å². The fraction of sp³-hybridized carbons (Fsp3) is 0.324. The van der Waals surface area contributed by atoms with E-state index in [0.29, 0.717) is 25.9 Å². The quantitative estimate of drug-likeness (QED) is 0.220. The first kappa shape index (κ1) is 29.2. The van der Waals surface area contributed by atoms with Crippen LogP contribution in [0.25, 0.3) is 22.5 Å². The molecule has 5 rings (SSSR count). The third kappa shape index (κ3) is 6.95. The van der Waals surface area contributed by atoms with Crippen molar-refractivity contribution in [3.05, 3.63) is 96.3 Å². The number of hydrogen-bond donors (Lipinski definition) is 4. The van der Waals surface area contributed by atoms with E-state index in [-0.39, 0.29) is 18.2 Å². The number of carbonyl (C=O) groups is 2. The number of amides is 2. The van der Waals surface area contributed by atoms with Crippen molar-refractivity contribution in [2.45, 2.75) is 64.3 Å². The minimum atomic E-state index is -0.628. The van der Waals surface area contributed by atoms with Crippen molar-refractivity contribution in [1.82, 2.24) is 20.6 Å². The first-order chi connectivity index (χ1) is 20.2. The van der Waals surface area contributed by atoms with Gasteiger partial charge in [-0.2, -0.15) is 0 Å². The highest BCUT2D eigenvalue weighted by molar-refractivity contribution is 6.00. The summed E-state index contributed by atoms with van der Waals surface area (Å²) in [5.41, 5.74) is 5.60. The number of imidazole rings is 1. The van der Waals surface area contributed by atoms with Crippen LogP contribution in [0, 0.1) is 0 Å². The normalized spacial score (nSPS) is 16.0. The Kier molecular flexibility index (Phi) is 8.85. The minimum Gasteiger partial charge on any atom is -0.392 e. The van der Waals surface area contributed by atoms with Crippen molar-refractivity contribution < 1.29 is 14.7 Å². The number of aromatic amines is 1. The number of aliphatic hydroxyl groups is 1. The molecule has 4 aromatic rings. The summed E-state index contributed by atoms with van der Waals surface area (Å²) < 4.78 is 0. The SMILES string of the molecule is C[C@@H](O)CNC(C)(C)CC(=O)N[C@@H]1CCc2ccccc2N(Cc2ccc(-c3ccccc3-c3ncc[nH]3)cc2)C1=O. The van der Waals surface area contributed by atoms with Crippen molar-refractivity contribution >= 4 is 17.5 Å². The van der Waals surface area contributed by atoms with Crippen LogP contribution in [0.2, 0.25) is 0 Å². The van der Waals surface area contributed by atoms with Gasteiger partial charge in [0, 0.05) is 42.1 Å². The van der Waals surface area contributed by atoms with Gasteiger partial charge in [0.2, 0.25) is 11.8 Å². The van der Waals surface area contributed by atoms with Gasteiger partial charge in [0.15, 0.2) is 0 Å². The molecule has 0 radical (unpaired) electrons. The van der Waals surface area contributed by atoms with Gasteiger partial charge in [-0.15, -0.1) is 0 Å². The Morgan fingerprint density at radius 2 is 1.79 bits per heavy atom. The van der Waals surface area contributed by atoms with E-state index in [2.05, 4.69) is 57.0 Å². The average molecular weight is 566 g/mol. The van der Waals surface area contributed by atoms with Gasteiger partial charge in [-0.05, 0) is 61.9 Å². The summed E-state index contributed by atoms with van der Waals surface area (Å²) in [5, 5.41) is 15.9. The van der Waals surface area contributed by atoms with Crippen LogP contribution in [0.4, 0.5) is 5.69 Å². The lowest BCUT2D eigenvalue weighted by atomic mass is 9.98. The van der Waals surface area contributed by atoms with Gasteiger partial charge in [0.1, 0.15) is 11.9 Å². The van der Waals surface area contributed by atoms with Gasteiger partial charge in [-0.3, -0.25) is 9.59 Å². The van der Waals surface area contributed by atoms with Crippen molar-refractivity contribution in [2.24, 2.45) is 0 Å². The van der Waals surface area contributed by atoms with Gasteiger partial charge in [-0.1, -0.05) is 66.7 Å². The molecule has 0 aliphatic carbocycles. The average Bonchev–Trinajstić information content (AvgIpc) is 3.48. The molecule has 1 aromatic heterocycles. The van der Waals surface area contributed by atoms with E-state index < -0.39 is 17.7 Å². The maximum absolute atomic E-state index is 13.9. The molecule has 0 spiro atoms. The number of benzene rings is 3. The van der Waals surface area contributed by atoms with Crippen LogP contribution in [0.15, 0.2) is 85.2 Å². The molecule has 218 valence electrons. The zero-order chi connectivity index (χ0) is 29.7. The fourth-order valence-electron chi connectivity index (χ4n) is 5.47. The monoisotopic (exact) mass is 565 g/mol. The Morgan fingerprint density at radius 1 is 1.07 bits per heavy atom. The number of H-pyrrole nitrogens is 1. The van der Waals surface area contributed by atoms with Crippen molar-refractivity contribution in [1.29, 1.82) is 0 Å². The molecule has 0 saturated carbocycles. The third-order valence-electron chi connectivity index (χ3n) is 7.65. The van der Waals surface area contributed by atoms with Gasteiger partial charge in [0.25, 0.3) is 0 Å². The molecule has 0 bridgehead atoms. The van der Waals surface area contributed by atoms with Gasteiger partial charge in [0.05, 0.1) is 12.6 Å². The molecule has 8 nitrogen and oxygen atoms in total. The summed E-state index contributed by atoms with van der Waals surface area (Å²) in [7, 11) is 0. The van der Waals surface area contributed by atoms with Gasteiger partial charge in [-0.25, -0.2) is 4.98 Å². The number of aliphatic hydroxyl groups excluding tert-OH is 1. The standard InChI is InChI=1S/C34H39N5O3/c1-23(40)21-37-34(2,3)20-31(41)38-29-17-16-26-8-4-7-11-30(26)39(33(29)42)22-24-12-14-25(15-13-24)27-9-5-6-10-28(27)32-35-18-19-36-32/h4-15,18-19,23,29,37,40H,16-17,20-22H2,1-3H3,(H,35,36)(H,38,41)/t23-,29-/m1/s1. The van der Waals surface area contributed by atoms with Crippen molar-refractivity contribution in [3.63, 3.8) is 0 Å². The third-order valence-corrected chi connectivity index (χ3v) is 7.65.